The summed E-state index contributed by atoms with van der Waals surface area (Å²) in [6, 6.07) is 7.78. The van der Waals surface area contributed by atoms with Gasteiger partial charge in [-0.25, -0.2) is 15.0 Å². The minimum atomic E-state index is -0.0639. The number of rotatable bonds is 13. The van der Waals surface area contributed by atoms with Crippen molar-refractivity contribution in [1.82, 2.24) is 19.9 Å². The third kappa shape index (κ3) is 8.26. The summed E-state index contributed by atoms with van der Waals surface area (Å²) < 4.78 is 6.82. The quantitative estimate of drug-likeness (QED) is 0.144. The van der Waals surface area contributed by atoms with E-state index in [4.69, 9.17) is 4.42 Å². The van der Waals surface area contributed by atoms with Gasteiger partial charge in [-0.15, -0.1) is 11.8 Å². The first-order valence-corrected chi connectivity index (χ1v) is 14.4. The van der Waals surface area contributed by atoms with Gasteiger partial charge in [0.05, 0.1) is 39.8 Å². The molecule has 196 valence electrons. The smallest absolute Gasteiger partial charge is 0.226 e. The molecule has 0 aliphatic heterocycles. The Morgan fingerprint density at radius 2 is 1.84 bits per heavy atom. The molecule has 8 nitrogen and oxygen atoms in total. The molecule has 0 aliphatic rings. The number of Topliss-reactive ketones (excluding diaryl/α,β-unsaturated/α-hetero) is 1. The van der Waals surface area contributed by atoms with Crippen LogP contribution in [0.4, 0.5) is 5.13 Å². The molecule has 0 atom stereocenters. The number of anilines is 1. The van der Waals surface area contributed by atoms with Gasteiger partial charge in [0, 0.05) is 18.3 Å². The van der Waals surface area contributed by atoms with Crippen LogP contribution in [0.25, 0.3) is 11.0 Å². The van der Waals surface area contributed by atoms with Gasteiger partial charge in [0.2, 0.25) is 11.8 Å². The predicted octanol–water partition coefficient (Wildman–Crippen LogP) is 6.69. The second-order valence-corrected chi connectivity index (χ2v) is 12.3. The number of carbonyl (C=O) groups is 2. The molecule has 0 fully saturated rings. The molecule has 1 amide bonds. The third-order valence-electron chi connectivity index (χ3n) is 5.77. The second kappa shape index (κ2) is 12.5. The molecule has 4 aromatic rings. The summed E-state index contributed by atoms with van der Waals surface area (Å²) in [5, 5.41) is 3.49. The van der Waals surface area contributed by atoms with E-state index >= 15 is 0 Å². The zero-order chi connectivity index (χ0) is 26.3. The van der Waals surface area contributed by atoms with E-state index in [1.807, 2.05) is 24.3 Å². The summed E-state index contributed by atoms with van der Waals surface area (Å²) in [6.07, 6.45) is 8.32. The van der Waals surface area contributed by atoms with Crippen molar-refractivity contribution in [2.75, 3.05) is 5.32 Å². The van der Waals surface area contributed by atoms with Gasteiger partial charge in [0.15, 0.2) is 5.13 Å². The molecular weight excluding hydrogens is 506 g/mol. The number of carbonyl (C=O) groups excluding carboxylic acids is 2. The SMILES string of the molecule is CC(C)(C)c1cnc(CSc2cnc(NC(=O)CCCCCCC(=O)Cc3nc4ccccc4[nH]3)s2)o1. The van der Waals surface area contributed by atoms with Crippen molar-refractivity contribution >= 4 is 51.0 Å². The monoisotopic (exact) mass is 539 g/mol. The van der Waals surface area contributed by atoms with Crippen molar-refractivity contribution in [1.29, 1.82) is 0 Å². The first-order chi connectivity index (χ1) is 17.8. The largest absolute Gasteiger partial charge is 0.444 e. The molecular formula is C27H33N5O3S2. The van der Waals surface area contributed by atoms with Crippen molar-refractivity contribution in [2.45, 2.75) is 81.1 Å². The summed E-state index contributed by atoms with van der Waals surface area (Å²) in [4.78, 5) is 40.9. The van der Waals surface area contributed by atoms with Gasteiger partial charge in [-0.2, -0.15) is 0 Å². The van der Waals surface area contributed by atoms with Crippen LogP contribution in [-0.2, 0) is 27.2 Å². The van der Waals surface area contributed by atoms with Gasteiger partial charge in [0.25, 0.3) is 0 Å². The van der Waals surface area contributed by atoms with Gasteiger partial charge in [-0.05, 0) is 25.0 Å². The number of hydrogen-bond acceptors (Lipinski definition) is 8. The Balaban J connectivity index is 1.07. The van der Waals surface area contributed by atoms with Gasteiger partial charge < -0.3 is 14.7 Å². The lowest BCUT2D eigenvalue weighted by atomic mass is 9.94. The Morgan fingerprint density at radius 3 is 2.59 bits per heavy atom. The fourth-order valence-electron chi connectivity index (χ4n) is 3.75. The van der Waals surface area contributed by atoms with Crippen LogP contribution in [0.5, 0.6) is 0 Å². The topological polar surface area (TPSA) is 114 Å². The molecule has 3 heterocycles. The molecule has 3 aromatic heterocycles. The number of amides is 1. The maximum atomic E-state index is 12.3. The highest BCUT2D eigenvalue weighted by Crippen LogP contribution is 2.32. The fourth-order valence-corrected chi connectivity index (χ4v) is 5.49. The molecule has 0 unspecified atom stereocenters. The summed E-state index contributed by atoms with van der Waals surface area (Å²) in [5.41, 5.74) is 1.78. The van der Waals surface area contributed by atoms with E-state index in [2.05, 4.69) is 46.0 Å². The van der Waals surface area contributed by atoms with Crippen molar-refractivity contribution < 1.29 is 14.0 Å². The molecule has 4 rings (SSSR count). The number of ketones is 1. The molecule has 10 heteroatoms. The van der Waals surface area contributed by atoms with Crippen LogP contribution in [0.3, 0.4) is 0 Å². The molecule has 1 aromatic carbocycles. The highest BCUT2D eigenvalue weighted by molar-refractivity contribution is 8.00. The Morgan fingerprint density at radius 1 is 1.05 bits per heavy atom. The number of fused-ring (bicyclic) bond motifs is 1. The Kier molecular flexibility index (Phi) is 9.15. The Bertz CT molecular complexity index is 1300. The number of aromatic amines is 1. The number of nitrogens with one attached hydrogen (secondary N) is 2. The molecule has 0 radical (unpaired) electrons. The van der Waals surface area contributed by atoms with Crippen LogP contribution < -0.4 is 5.32 Å². The van der Waals surface area contributed by atoms with E-state index in [0.29, 0.717) is 36.0 Å². The van der Waals surface area contributed by atoms with Crippen LogP contribution in [0.2, 0.25) is 0 Å². The lowest BCUT2D eigenvalue weighted by Gasteiger charge is -2.12. The minimum Gasteiger partial charge on any atom is -0.444 e. The maximum Gasteiger partial charge on any atom is 0.226 e. The van der Waals surface area contributed by atoms with E-state index < -0.39 is 0 Å². The zero-order valence-corrected chi connectivity index (χ0v) is 23.1. The van der Waals surface area contributed by atoms with Gasteiger partial charge in [-0.3, -0.25) is 9.59 Å². The highest BCUT2D eigenvalue weighted by Gasteiger charge is 2.19. The van der Waals surface area contributed by atoms with E-state index in [1.54, 1.807) is 24.2 Å². The third-order valence-corrected chi connectivity index (χ3v) is 7.87. The number of hydrogen-bond donors (Lipinski definition) is 2. The van der Waals surface area contributed by atoms with Crippen LogP contribution >= 0.6 is 23.1 Å². The average Bonchev–Trinajstić information content (AvgIpc) is 3.59. The number of aromatic nitrogens is 4. The first-order valence-electron chi connectivity index (χ1n) is 12.6. The fraction of sp³-hybridized carbons (Fsp3) is 0.444. The maximum absolute atomic E-state index is 12.3. The molecule has 0 spiro atoms. The normalized spacial score (nSPS) is 11.8. The standard InChI is InChI=1S/C27H33N5O3S2/c1-27(2,3)21-15-28-24(35-21)17-36-25-16-29-26(37-25)32-23(34)13-7-5-4-6-10-18(33)14-22-30-19-11-8-9-12-20(19)31-22/h8-9,11-12,15-16H,4-7,10,13-14,17H2,1-3H3,(H,30,31)(H,29,32,34). The van der Waals surface area contributed by atoms with E-state index in [-0.39, 0.29) is 17.1 Å². The second-order valence-electron chi connectivity index (χ2n) is 10.0. The minimum absolute atomic E-state index is 0.0330. The number of nitrogens with zero attached hydrogens (tertiary/aromatic N) is 3. The van der Waals surface area contributed by atoms with Crippen molar-refractivity contribution in [3.05, 3.63) is 54.1 Å². The van der Waals surface area contributed by atoms with Crippen molar-refractivity contribution in [3.63, 3.8) is 0 Å². The number of oxazole rings is 1. The van der Waals surface area contributed by atoms with E-state index in [9.17, 15) is 9.59 Å². The number of imidazole rings is 1. The van der Waals surface area contributed by atoms with Crippen LogP contribution in [0.1, 0.15) is 76.8 Å². The van der Waals surface area contributed by atoms with Gasteiger partial charge in [0.1, 0.15) is 17.4 Å². The number of para-hydroxylation sites is 2. The van der Waals surface area contributed by atoms with E-state index in [1.165, 1.54) is 11.3 Å². The number of unbranched alkanes of at least 4 members (excludes halogenated alkanes) is 3. The molecule has 0 aliphatic carbocycles. The van der Waals surface area contributed by atoms with Crippen LogP contribution in [-0.4, -0.2) is 31.6 Å². The molecule has 37 heavy (non-hydrogen) atoms. The summed E-state index contributed by atoms with van der Waals surface area (Å²) >= 11 is 3.04. The number of benzene rings is 1. The average molecular weight is 540 g/mol. The lowest BCUT2D eigenvalue weighted by molar-refractivity contribution is -0.119. The summed E-state index contributed by atoms with van der Waals surface area (Å²) in [5.74, 6) is 3.05. The summed E-state index contributed by atoms with van der Waals surface area (Å²) in [6.45, 7) is 6.28. The molecule has 0 bridgehead atoms. The van der Waals surface area contributed by atoms with Crippen molar-refractivity contribution in [3.8, 4) is 0 Å². The molecule has 0 saturated heterocycles. The predicted molar refractivity (Wildman–Crippen MR) is 148 cm³/mol. The van der Waals surface area contributed by atoms with E-state index in [0.717, 1.165) is 52.5 Å². The van der Waals surface area contributed by atoms with Gasteiger partial charge >= 0.3 is 0 Å². The van der Waals surface area contributed by atoms with Crippen LogP contribution in [0, 0.1) is 0 Å². The number of thioether (sulfide) groups is 1. The summed E-state index contributed by atoms with van der Waals surface area (Å²) in [7, 11) is 0. The number of thiazole rings is 1. The van der Waals surface area contributed by atoms with Crippen LogP contribution in [0.15, 0.2) is 45.3 Å². The van der Waals surface area contributed by atoms with Gasteiger partial charge in [-0.1, -0.05) is 57.1 Å². The Hall–Kier alpha value is -2.98. The Labute approximate surface area is 225 Å². The zero-order valence-electron chi connectivity index (χ0n) is 21.5. The van der Waals surface area contributed by atoms with Crippen molar-refractivity contribution in [2.24, 2.45) is 0 Å². The molecule has 2 N–H and O–H groups in total. The molecule has 0 saturated carbocycles. The highest BCUT2D eigenvalue weighted by atomic mass is 32.2. The first kappa shape index (κ1) is 27.1. The lowest BCUT2D eigenvalue weighted by Crippen LogP contribution is -2.10. The number of H-pyrrole nitrogens is 1.